The highest BCUT2D eigenvalue weighted by atomic mass is 32.1. The monoisotopic (exact) mass is 349 g/mol. The van der Waals surface area contributed by atoms with Gasteiger partial charge in [0.2, 0.25) is 0 Å². The van der Waals surface area contributed by atoms with Crippen molar-refractivity contribution >= 4 is 11.3 Å². The Kier molecular flexibility index (Phi) is 4.00. The molecule has 0 amide bonds. The highest BCUT2D eigenvalue weighted by Crippen LogP contribution is 2.53. The topological polar surface area (TPSA) is 23.8 Å². The van der Waals surface area contributed by atoms with Crippen LogP contribution in [0.3, 0.4) is 0 Å². The van der Waals surface area contributed by atoms with Crippen molar-refractivity contribution in [2.75, 3.05) is 0 Å². The first-order chi connectivity index (χ1) is 11.2. The fraction of sp³-hybridized carbons (Fsp3) is 0.421. The van der Waals surface area contributed by atoms with E-state index in [0.717, 1.165) is 22.9 Å². The molecule has 0 spiro atoms. The highest BCUT2D eigenvalue weighted by Gasteiger charge is 2.49. The molecule has 3 rings (SSSR count). The fourth-order valence-corrected chi connectivity index (χ4v) is 5.29. The van der Waals surface area contributed by atoms with E-state index in [-0.39, 0.29) is 17.4 Å². The lowest BCUT2D eigenvalue weighted by Crippen LogP contribution is -2.34. The molecule has 0 saturated carbocycles. The Morgan fingerprint density at radius 2 is 1.96 bits per heavy atom. The smallest absolute Gasteiger partial charge is 0.197 e. The van der Waals surface area contributed by atoms with Gasteiger partial charge in [-0.15, -0.1) is 11.3 Å². The summed E-state index contributed by atoms with van der Waals surface area (Å²) >= 11 is 1.39. The molecular weight excluding hydrogens is 331 g/mol. The normalized spacial score (nSPS) is 23.3. The predicted molar refractivity (Wildman–Crippen MR) is 89.8 cm³/mol. The first-order valence-corrected chi connectivity index (χ1v) is 8.74. The molecule has 1 heterocycles. The van der Waals surface area contributed by atoms with Gasteiger partial charge in [-0.05, 0) is 36.0 Å². The number of hydrogen-bond acceptors (Lipinski definition) is 2. The zero-order valence-corrected chi connectivity index (χ0v) is 14.6. The minimum absolute atomic E-state index is 0.110. The van der Waals surface area contributed by atoms with Crippen LogP contribution < -0.4 is 0 Å². The van der Waals surface area contributed by atoms with Crippen molar-refractivity contribution in [3.63, 3.8) is 0 Å². The van der Waals surface area contributed by atoms with Crippen LogP contribution in [0.2, 0.25) is 0 Å². The maximum atomic E-state index is 13.3. The van der Waals surface area contributed by atoms with Crippen molar-refractivity contribution in [1.29, 1.82) is 5.26 Å². The third-order valence-corrected chi connectivity index (χ3v) is 6.31. The van der Waals surface area contributed by atoms with Crippen LogP contribution in [-0.4, -0.2) is 0 Å². The summed E-state index contributed by atoms with van der Waals surface area (Å²) in [6.45, 7) is 6.07. The van der Waals surface area contributed by atoms with Crippen molar-refractivity contribution in [2.45, 2.75) is 38.8 Å². The van der Waals surface area contributed by atoms with Gasteiger partial charge in [-0.1, -0.05) is 39.0 Å². The molecule has 126 valence electrons. The first-order valence-electron chi connectivity index (χ1n) is 7.92. The third-order valence-electron chi connectivity index (χ3n) is 5.12. The van der Waals surface area contributed by atoms with E-state index in [1.54, 1.807) is 6.07 Å². The summed E-state index contributed by atoms with van der Waals surface area (Å²) in [5.41, 5.74) is -0.112. The molecule has 1 nitrogen and oxygen atoms in total. The maximum absolute atomic E-state index is 13.3. The van der Waals surface area contributed by atoms with E-state index >= 15 is 0 Å². The van der Waals surface area contributed by atoms with E-state index in [1.807, 2.05) is 19.9 Å². The summed E-state index contributed by atoms with van der Waals surface area (Å²) in [6.07, 6.45) is -3.64. The van der Waals surface area contributed by atoms with Gasteiger partial charge in [0.1, 0.15) is 0 Å². The zero-order valence-electron chi connectivity index (χ0n) is 13.7. The van der Waals surface area contributed by atoms with E-state index < -0.39 is 17.2 Å². The zero-order chi connectivity index (χ0) is 17.7. The fourth-order valence-electron chi connectivity index (χ4n) is 3.89. The van der Waals surface area contributed by atoms with Crippen molar-refractivity contribution in [2.24, 2.45) is 11.8 Å². The van der Waals surface area contributed by atoms with Gasteiger partial charge in [0.05, 0.1) is 17.0 Å². The van der Waals surface area contributed by atoms with Crippen LogP contribution >= 0.6 is 11.3 Å². The number of fused-ring (bicyclic) bond motifs is 1. The Morgan fingerprint density at radius 1 is 1.29 bits per heavy atom. The van der Waals surface area contributed by atoms with Crippen molar-refractivity contribution in [3.8, 4) is 16.5 Å². The van der Waals surface area contributed by atoms with Crippen molar-refractivity contribution < 1.29 is 13.2 Å². The number of nitrogens with zero attached hydrogens (tertiary/aromatic N) is 1. The van der Waals surface area contributed by atoms with Gasteiger partial charge in [0, 0.05) is 15.3 Å². The standard InChI is InChI=1S/C19H18F3NS/c1-11(2)18(10-23)12(3)8-17-15(18)9-16(24-17)13-6-4-5-7-14(13)19(20,21)22/h4-7,9,11-12H,8H2,1-3H3/t12-,18+/m1/s1. The Morgan fingerprint density at radius 3 is 2.54 bits per heavy atom. The Hall–Kier alpha value is -1.80. The highest BCUT2D eigenvalue weighted by molar-refractivity contribution is 7.15. The Balaban J connectivity index is 2.17. The molecule has 24 heavy (non-hydrogen) atoms. The van der Waals surface area contributed by atoms with Gasteiger partial charge in [0.15, 0.2) is 0 Å². The van der Waals surface area contributed by atoms with Crippen LogP contribution in [0, 0.1) is 23.2 Å². The number of halogens is 3. The molecule has 0 radical (unpaired) electrons. The number of benzene rings is 1. The third kappa shape index (κ3) is 2.36. The minimum atomic E-state index is -4.39. The van der Waals surface area contributed by atoms with Gasteiger partial charge in [-0.25, -0.2) is 0 Å². The molecule has 1 aliphatic carbocycles. The quantitative estimate of drug-likeness (QED) is 0.648. The molecule has 1 aliphatic rings. The lowest BCUT2D eigenvalue weighted by molar-refractivity contribution is -0.137. The van der Waals surface area contributed by atoms with Gasteiger partial charge in [0.25, 0.3) is 0 Å². The van der Waals surface area contributed by atoms with Crippen LogP contribution in [0.15, 0.2) is 30.3 Å². The van der Waals surface area contributed by atoms with E-state index in [2.05, 4.69) is 13.0 Å². The second-order valence-electron chi connectivity index (χ2n) is 6.73. The molecule has 0 unspecified atom stereocenters. The number of alkyl halides is 3. The van der Waals surface area contributed by atoms with Crippen molar-refractivity contribution in [1.82, 2.24) is 0 Å². The Labute approximate surface area is 143 Å². The molecule has 2 atom stereocenters. The van der Waals surface area contributed by atoms with Crippen LogP contribution in [0.1, 0.15) is 36.8 Å². The molecule has 0 N–H and O–H groups in total. The van der Waals surface area contributed by atoms with E-state index in [4.69, 9.17) is 0 Å². The number of thiophene rings is 1. The summed E-state index contributed by atoms with van der Waals surface area (Å²) in [5, 5.41) is 9.84. The van der Waals surface area contributed by atoms with Gasteiger partial charge in [-0.3, -0.25) is 0 Å². The number of rotatable bonds is 2. The molecule has 0 bridgehead atoms. The van der Waals surface area contributed by atoms with Crippen molar-refractivity contribution in [3.05, 3.63) is 46.3 Å². The van der Waals surface area contributed by atoms with Gasteiger partial charge < -0.3 is 0 Å². The van der Waals surface area contributed by atoms with Crippen LogP contribution in [0.4, 0.5) is 13.2 Å². The van der Waals surface area contributed by atoms with E-state index in [0.29, 0.717) is 4.88 Å². The lowest BCUT2D eigenvalue weighted by Gasteiger charge is -2.31. The minimum Gasteiger partial charge on any atom is -0.197 e. The number of nitriles is 1. The Bertz CT molecular complexity index is 813. The van der Waals surface area contributed by atoms with Crippen LogP contribution in [0.5, 0.6) is 0 Å². The average Bonchev–Trinajstić information content (AvgIpc) is 3.02. The van der Waals surface area contributed by atoms with Crippen LogP contribution in [-0.2, 0) is 18.0 Å². The summed E-state index contributed by atoms with van der Waals surface area (Å²) in [4.78, 5) is 1.64. The van der Waals surface area contributed by atoms with Crippen LogP contribution in [0.25, 0.3) is 10.4 Å². The van der Waals surface area contributed by atoms with E-state index in [9.17, 15) is 18.4 Å². The van der Waals surface area contributed by atoms with Gasteiger partial charge >= 0.3 is 6.18 Å². The molecule has 0 fully saturated rings. The maximum Gasteiger partial charge on any atom is 0.417 e. The molecule has 2 aromatic rings. The van der Waals surface area contributed by atoms with E-state index in [1.165, 1.54) is 23.5 Å². The van der Waals surface area contributed by atoms with Gasteiger partial charge in [-0.2, -0.15) is 18.4 Å². The lowest BCUT2D eigenvalue weighted by atomic mass is 9.69. The SMILES string of the molecule is CC(C)[C@]1(C#N)c2cc(-c3ccccc3C(F)(F)F)sc2C[C@H]1C. The summed E-state index contributed by atoms with van der Waals surface area (Å²) in [7, 11) is 0. The first kappa shape index (κ1) is 17.0. The largest absolute Gasteiger partial charge is 0.417 e. The molecule has 0 saturated heterocycles. The molecule has 5 heteroatoms. The number of hydrogen-bond donors (Lipinski definition) is 0. The molecule has 1 aromatic heterocycles. The summed E-state index contributed by atoms with van der Waals surface area (Å²) in [5.74, 6) is 0.287. The molecule has 0 aliphatic heterocycles. The average molecular weight is 349 g/mol. The summed E-state index contributed by atoms with van der Waals surface area (Å²) < 4.78 is 39.9. The second kappa shape index (κ2) is 5.63. The molecular formula is C19H18F3NS. The second-order valence-corrected chi connectivity index (χ2v) is 7.87. The summed E-state index contributed by atoms with van der Waals surface area (Å²) in [6, 6.07) is 9.95. The predicted octanol–water partition coefficient (Wildman–Crippen LogP) is 6.04. The molecule has 1 aromatic carbocycles.